The Kier molecular flexibility index (Phi) is 9.18. The molecule has 0 aromatic heterocycles. The summed E-state index contributed by atoms with van der Waals surface area (Å²) >= 11 is 0. The van der Waals surface area contributed by atoms with E-state index in [4.69, 9.17) is 4.74 Å². The highest BCUT2D eigenvalue weighted by Crippen LogP contribution is 2.19. The number of amides is 2. The van der Waals surface area contributed by atoms with Crippen LogP contribution in [0.2, 0.25) is 0 Å². The SMILES string of the molecule is CCC(C)C(=O)Nc1cccc(CNC2=NCC3CN(C(=O)OC(C)(C)C)CCN23)c1.I. The van der Waals surface area contributed by atoms with Gasteiger partial charge in [-0.2, -0.15) is 0 Å². The van der Waals surface area contributed by atoms with Gasteiger partial charge in [-0.15, -0.1) is 24.0 Å². The third kappa shape index (κ3) is 6.98. The zero-order valence-electron chi connectivity index (χ0n) is 19.7. The average molecular weight is 557 g/mol. The lowest BCUT2D eigenvalue weighted by molar-refractivity contribution is -0.119. The monoisotopic (exact) mass is 557 g/mol. The topological polar surface area (TPSA) is 86.3 Å². The molecule has 0 bridgehead atoms. The smallest absolute Gasteiger partial charge is 0.410 e. The van der Waals surface area contributed by atoms with Crippen LogP contribution in [0.1, 0.15) is 46.6 Å². The normalized spacial score (nSPS) is 18.8. The maximum Gasteiger partial charge on any atom is 0.410 e. The Hall–Kier alpha value is -2.04. The zero-order chi connectivity index (χ0) is 22.6. The van der Waals surface area contributed by atoms with Crippen molar-refractivity contribution in [3.8, 4) is 0 Å². The van der Waals surface area contributed by atoms with Crippen LogP contribution in [0.5, 0.6) is 0 Å². The first-order valence-corrected chi connectivity index (χ1v) is 11.1. The second-order valence-corrected chi connectivity index (χ2v) is 9.29. The second-order valence-electron chi connectivity index (χ2n) is 9.29. The van der Waals surface area contributed by atoms with E-state index in [1.807, 2.05) is 58.9 Å². The molecule has 0 radical (unpaired) electrons. The van der Waals surface area contributed by atoms with Crippen molar-refractivity contribution in [2.75, 3.05) is 31.5 Å². The number of ether oxygens (including phenoxy) is 1. The molecule has 1 aromatic carbocycles. The van der Waals surface area contributed by atoms with Crippen LogP contribution in [-0.2, 0) is 16.1 Å². The number of carbonyl (C=O) groups is 2. The number of anilines is 1. The van der Waals surface area contributed by atoms with E-state index >= 15 is 0 Å². The Balaban J connectivity index is 0.00000363. The number of nitrogens with zero attached hydrogens (tertiary/aromatic N) is 3. The first-order chi connectivity index (χ1) is 14.7. The van der Waals surface area contributed by atoms with Gasteiger partial charge in [0.15, 0.2) is 5.96 Å². The molecule has 1 aromatic rings. The van der Waals surface area contributed by atoms with E-state index in [0.29, 0.717) is 26.2 Å². The first-order valence-electron chi connectivity index (χ1n) is 11.1. The molecule has 0 saturated carbocycles. The first kappa shape index (κ1) is 26.2. The van der Waals surface area contributed by atoms with Gasteiger partial charge < -0.3 is 25.2 Å². The van der Waals surface area contributed by atoms with Crippen molar-refractivity contribution >= 4 is 47.6 Å². The number of fused-ring (bicyclic) bond motifs is 1. The Labute approximate surface area is 208 Å². The minimum Gasteiger partial charge on any atom is -0.444 e. The molecular weight excluding hydrogens is 521 g/mol. The number of rotatable bonds is 5. The van der Waals surface area contributed by atoms with Gasteiger partial charge in [-0.25, -0.2) is 4.79 Å². The second kappa shape index (κ2) is 11.2. The zero-order valence-corrected chi connectivity index (χ0v) is 22.0. The van der Waals surface area contributed by atoms with E-state index in [1.165, 1.54) is 0 Å². The summed E-state index contributed by atoms with van der Waals surface area (Å²) in [5.41, 5.74) is 1.39. The Morgan fingerprint density at radius 3 is 2.72 bits per heavy atom. The van der Waals surface area contributed by atoms with Crippen LogP contribution in [0.15, 0.2) is 29.3 Å². The summed E-state index contributed by atoms with van der Waals surface area (Å²) in [6, 6.07) is 8.04. The molecule has 0 aliphatic carbocycles. The molecule has 3 rings (SSSR count). The molecule has 2 N–H and O–H groups in total. The third-order valence-corrected chi connectivity index (χ3v) is 5.56. The maximum absolute atomic E-state index is 12.4. The number of aliphatic imine (C=N–C) groups is 1. The van der Waals surface area contributed by atoms with Gasteiger partial charge >= 0.3 is 6.09 Å². The van der Waals surface area contributed by atoms with E-state index in [-0.39, 0.29) is 47.9 Å². The van der Waals surface area contributed by atoms with Crippen LogP contribution < -0.4 is 10.6 Å². The summed E-state index contributed by atoms with van der Waals surface area (Å²) in [4.78, 5) is 33.2. The van der Waals surface area contributed by atoms with Crippen molar-refractivity contribution in [3.05, 3.63) is 29.8 Å². The summed E-state index contributed by atoms with van der Waals surface area (Å²) < 4.78 is 5.50. The van der Waals surface area contributed by atoms with E-state index < -0.39 is 5.60 Å². The van der Waals surface area contributed by atoms with Crippen LogP contribution in [0.25, 0.3) is 0 Å². The minimum absolute atomic E-state index is 0. The Morgan fingerprint density at radius 1 is 1.28 bits per heavy atom. The summed E-state index contributed by atoms with van der Waals surface area (Å²) in [7, 11) is 0. The van der Waals surface area contributed by atoms with Gasteiger partial charge in [0.25, 0.3) is 0 Å². The van der Waals surface area contributed by atoms with Crippen molar-refractivity contribution in [1.29, 1.82) is 0 Å². The molecule has 2 atom stereocenters. The number of benzene rings is 1. The lowest BCUT2D eigenvalue weighted by Gasteiger charge is -2.39. The Bertz CT molecular complexity index is 839. The molecule has 1 fully saturated rings. The molecule has 2 aliphatic heterocycles. The maximum atomic E-state index is 12.4. The van der Waals surface area contributed by atoms with Gasteiger partial charge in [-0.3, -0.25) is 9.79 Å². The fraction of sp³-hybridized carbons (Fsp3) is 0.609. The number of hydrogen-bond donors (Lipinski definition) is 2. The number of halogens is 1. The quantitative estimate of drug-likeness (QED) is 0.540. The average Bonchev–Trinajstić information content (AvgIpc) is 3.13. The largest absolute Gasteiger partial charge is 0.444 e. The van der Waals surface area contributed by atoms with E-state index in [1.54, 1.807) is 4.90 Å². The minimum atomic E-state index is -0.490. The van der Waals surface area contributed by atoms with Gasteiger partial charge in [0.2, 0.25) is 5.91 Å². The molecule has 178 valence electrons. The molecule has 8 nitrogen and oxygen atoms in total. The van der Waals surface area contributed by atoms with Crippen molar-refractivity contribution in [3.63, 3.8) is 0 Å². The summed E-state index contributed by atoms with van der Waals surface area (Å²) in [5.74, 6) is 0.896. The van der Waals surface area contributed by atoms with E-state index in [0.717, 1.165) is 30.2 Å². The number of piperazine rings is 1. The number of guanidine groups is 1. The van der Waals surface area contributed by atoms with Crippen LogP contribution in [-0.4, -0.2) is 65.6 Å². The fourth-order valence-corrected chi connectivity index (χ4v) is 3.61. The van der Waals surface area contributed by atoms with Crippen molar-refractivity contribution in [2.24, 2.45) is 10.9 Å². The van der Waals surface area contributed by atoms with Crippen LogP contribution >= 0.6 is 24.0 Å². The predicted molar refractivity (Wildman–Crippen MR) is 137 cm³/mol. The summed E-state index contributed by atoms with van der Waals surface area (Å²) in [6.45, 7) is 12.8. The van der Waals surface area contributed by atoms with Crippen LogP contribution in [0.4, 0.5) is 10.5 Å². The van der Waals surface area contributed by atoms with Crippen LogP contribution in [0.3, 0.4) is 0 Å². The number of hydrogen-bond acceptors (Lipinski definition) is 6. The van der Waals surface area contributed by atoms with Gasteiger partial charge in [-0.05, 0) is 44.9 Å². The highest BCUT2D eigenvalue weighted by atomic mass is 127. The highest BCUT2D eigenvalue weighted by Gasteiger charge is 2.36. The van der Waals surface area contributed by atoms with Crippen molar-refractivity contribution in [2.45, 2.75) is 59.2 Å². The third-order valence-electron chi connectivity index (χ3n) is 5.56. The van der Waals surface area contributed by atoms with Gasteiger partial charge in [0.05, 0.1) is 12.6 Å². The molecule has 2 unspecified atom stereocenters. The van der Waals surface area contributed by atoms with Gasteiger partial charge in [0, 0.05) is 37.8 Å². The van der Waals surface area contributed by atoms with Gasteiger partial charge in [0.1, 0.15) is 5.60 Å². The molecular formula is C23H36IN5O3. The van der Waals surface area contributed by atoms with Crippen LogP contribution in [0, 0.1) is 5.92 Å². The molecule has 2 heterocycles. The molecule has 32 heavy (non-hydrogen) atoms. The predicted octanol–water partition coefficient (Wildman–Crippen LogP) is 3.67. The molecule has 9 heteroatoms. The summed E-state index contributed by atoms with van der Waals surface area (Å²) in [6.07, 6.45) is 0.555. The molecule has 0 spiro atoms. The molecule has 1 saturated heterocycles. The number of carbonyl (C=O) groups excluding carboxylic acids is 2. The lowest BCUT2D eigenvalue weighted by Crippen LogP contribution is -2.57. The van der Waals surface area contributed by atoms with Gasteiger partial charge in [-0.1, -0.05) is 26.0 Å². The van der Waals surface area contributed by atoms with Crippen molar-refractivity contribution < 1.29 is 14.3 Å². The number of nitrogens with one attached hydrogen (secondary N) is 2. The van der Waals surface area contributed by atoms with E-state index in [9.17, 15) is 9.59 Å². The highest BCUT2D eigenvalue weighted by molar-refractivity contribution is 14.0. The fourth-order valence-electron chi connectivity index (χ4n) is 3.61. The standard InChI is InChI=1S/C23H35N5O3.HI/c1-6-16(2)20(29)26-18-9-7-8-17(12-18)13-24-21-25-14-19-15-27(10-11-28(19)21)22(30)31-23(3,4)5;/h7-9,12,16,19H,6,10-11,13-15H2,1-5H3,(H,24,25)(H,26,29);1H. The lowest BCUT2D eigenvalue weighted by atomic mass is 10.1. The molecule has 2 aliphatic rings. The van der Waals surface area contributed by atoms with E-state index in [2.05, 4.69) is 20.5 Å². The molecule has 2 amide bonds. The Morgan fingerprint density at radius 2 is 2.03 bits per heavy atom. The summed E-state index contributed by atoms with van der Waals surface area (Å²) in [5, 5.41) is 6.40. The van der Waals surface area contributed by atoms with Crippen molar-refractivity contribution in [1.82, 2.24) is 15.1 Å².